The van der Waals surface area contributed by atoms with Gasteiger partial charge in [-0.15, -0.1) is 11.3 Å². The van der Waals surface area contributed by atoms with Gasteiger partial charge in [-0.2, -0.15) is 0 Å². The van der Waals surface area contributed by atoms with E-state index in [9.17, 15) is 33.5 Å². The van der Waals surface area contributed by atoms with Crippen molar-refractivity contribution in [1.29, 1.82) is 0 Å². The number of likely N-dealkylation sites (N-methyl/N-ethyl adjacent to an activating group) is 1. The summed E-state index contributed by atoms with van der Waals surface area (Å²) < 4.78 is 20.4. The number of aromatic nitrogens is 1. The van der Waals surface area contributed by atoms with Gasteiger partial charge in [0, 0.05) is 37.4 Å². The number of hydrogen-bond donors (Lipinski definition) is 3. The second-order valence-electron chi connectivity index (χ2n) is 17.5. The second kappa shape index (κ2) is 23.2. The molecule has 0 spiro atoms. The van der Waals surface area contributed by atoms with Crippen molar-refractivity contribution in [2.45, 2.75) is 163 Å². The lowest BCUT2D eigenvalue weighted by Crippen LogP contribution is -2.59. The Bertz CT molecular complexity index is 1720. The Hall–Kier alpha value is -3.91. The summed E-state index contributed by atoms with van der Waals surface area (Å²) in [6, 6.07) is 2.68. The van der Waals surface area contributed by atoms with E-state index in [0.29, 0.717) is 29.1 Å². The third kappa shape index (κ3) is 14.7. The number of esters is 1. The Balaban J connectivity index is 1.95. The molecule has 2 heterocycles. The van der Waals surface area contributed by atoms with E-state index in [0.717, 1.165) is 62.8 Å². The number of ether oxygens (including phenoxy) is 1. The highest BCUT2D eigenvalue weighted by Gasteiger charge is 2.39. The van der Waals surface area contributed by atoms with Crippen LogP contribution in [0.1, 0.15) is 152 Å². The molecule has 1 saturated heterocycles. The number of benzene rings is 1. The molecule has 0 unspecified atom stereocenters. The fourth-order valence-corrected chi connectivity index (χ4v) is 8.61. The number of aryl methyl sites for hydroxylation is 1. The van der Waals surface area contributed by atoms with E-state index in [1.165, 1.54) is 13.0 Å². The zero-order valence-electron chi connectivity index (χ0n) is 37.1. The summed E-state index contributed by atoms with van der Waals surface area (Å²) in [4.78, 5) is 75.7. The maximum atomic E-state index is 14.9. The number of carbonyl (C=O) groups is 5. The molecule has 1 aromatic heterocycles. The average molecular weight is 844 g/mol. The molecule has 1 aromatic carbocycles. The molecule has 14 heteroatoms. The minimum Gasteiger partial charge on any atom is -0.481 e. The van der Waals surface area contributed by atoms with Crippen LogP contribution in [-0.4, -0.2) is 93.9 Å². The molecular formula is C45H70FN5O7S. The highest BCUT2D eigenvalue weighted by Crippen LogP contribution is 2.32. The van der Waals surface area contributed by atoms with Gasteiger partial charge in [-0.25, -0.2) is 9.37 Å². The van der Waals surface area contributed by atoms with E-state index >= 15 is 0 Å². The van der Waals surface area contributed by atoms with Crippen molar-refractivity contribution in [3.05, 3.63) is 51.2 Å². The number of rotatable bonds is 23. The van der Waals surface area contributed by atoms with Gasteiger partial charge in [0.05, 0.1) is 11.5 Å². The number of likely N-dealkylation sites (tertiary alicyclic amines) is 1. The van der Waals surface area contributed by atoms with Gasteiger partial charge < -0.3 is 25.4 Å². The number of carboxylic acid groups (broad SMARTS) is 1. The number of nitrogens with one attached hydrogen (secondary N) is 2. The lowest BCUT2D eigenvalue weighted by Gasteiger charge is -2.40. The van der Waals surface area contributed by atoms with Crippen molar-refractivity contribution in [2.75, 3.05) is 20.1 Å². The first-order chi connectivity index (χ1) is 27.8. The van der Waals surface area contributed by atoms with Gasteiger partial charge >= 0.3 is 11.9 Å². The number of halogens is 1. The van der Waals surface area contributed by atoms with Gasteiger partial charge in [0.1, 0.15) is 22.6 Å². The summed E-state index contributed by atoms with van der Waals surface area (Å²) in [6.07, 6.45) is 6.76. The fourth-order valence-electron chi connectivity index (χ4n) is 7.77. The number of amides is 3. The van der Waals surface area contributed by atoms with Gasteiger partial charge in [-0.3, -0.25) is 28.9 Å². The summed E-state index contributed by atoms with van der Waals surface area (Å²) in [5.41, 5.74) is -0.0376. The van der Waals surface area contributed by atoms with Crippen molar-refractivity contribution in [1.82, 2.24) is 25.4 Å². The summed E-state index contributed by atoms with van der Waals surface area (Å²) in [5, 5.41) is 17.9. The van der Waals surface area contributed by atoms with Crippen LogP contribution < -0.4 is 10.6 Å². The number of carboxylic acids is 1. The molecule has 12 nitrogen and oxygen atoms in total. The molecular weight excluding hydrogens is 774 g/mol. The third-order valence-electron chi connectivity index (χ3n) is 11.7. The lowest BCUT2D eigenvalue weighted by molar-refractivity contribution is -0.150. The Morgan fingerprint density at radius 3 is 2.39 bits per heavy atom. The largest absolute Gasteiger partial charge is 0.481 e. The maximum absolute atomic E-state index is 14.9. The van der Waals surface area contributed by atoms with Gasteiger partial charge in [0.2, 0.25) is 11.8 Å². The molecule has 3 N–H and O–H groups in total. The second-order valence-corrected chi connectivity index (χ2v) is 18.4. The summed E-state index contributed by atoms with van der Waals surface area (Å²) in [6.45, 7) is 17.6. The van der Waals surface area contributed by atoms with E-state index < -0.39 is 47.5 Å². The first-order valence-corrected chi connectivity index (χ1v) is 22.4. The SMILES string of the molecule is CCCCCCN(C(=O)[C@@H](NC(=O)[C@H]1CCCCN1C)[C@@H](C)CC)[C@H](C[C@@H](OC(C)=O)c1nc(C(=O)N[C@H](Cc2ccc(C)c(F)c2)CC(C)(C)C(=O)O)cs1)C(C)C. The van der Waals surface area contributed by atoms with Gasteiger partial charge in [-0.1, -0.05) is 78.9 Å². The van der Waals surface area contributed by atoms with Crippen molar-refractivity contribution in [3.8, 4) is 0 Å². The fraction of sp³-hybridized carbons (Fsp3) is 0.689. The van der Waals surface area contributed by atoms with Crippen molar-refractivity contribution in [3.63, 3.8) is 0 Å². The number of aliphatic carboxylic acids is 1. The van der Waals surface area contributed by atoms with Crippen LogP contribution in [0.2, 0.25) is 0 Å². The number of carbonyl (C=O) groups excluding carboxylic acids is 4. The molecule has 3 amide bonds. The van der Waals surface area contributed by atoms with Crippen molar-refractivity contribution >= 4 is 41.0 Å². The van der Waals surface area contributed by atoms with Crippen LogP contribution >= 0.6 is 11.3 Å². The molecule has 2 aromatic rings. The molecule has 3 rings (SSSR count). The molecule has 330 valence electrons. The Kier molecular flexibility index (Phi) is 19.4. The van der Waals surface area contributed by atoms with Crippen molar-refractivity contribution < 1.29 is 38.2 Å². The van der Waals surface area contributed by atoms with E-state index in [1.54, 1.807) is 38.3 Å². The number of thiazole rings is 1. The molecule has 0 radical (unpaired) electrons. The number of nitrogens with zero attached hydrogens (tertiary/aromatic N) is 3. The Labute approximate surface area is 355 Å². The minimum atomic E-state index is -1.19. The molecule has 0 bridgehead atoms. The number of unbranched alkanes of at least 4 members (excludes halogenated alkanes) is 3. The molecule has 6 atom stereocenters. The maximum Gasteiger partial charge on any atom is 0.309 e. The van der Waals surface area contributed by atoms with Crippen molar-refractivity contribution in [2.24, 2.45) is 17.3 Å². The predicted molar refractivity (Wildman–Crippen MR) is 230 cm³/mol. The standard InChI is InChI=1S/C45H70FN5O7S/c1-11-13-14-16-22-51(43(55)39(29(5)12-2)49-41(54)36-18-15-17-21-50(36)10)37(28(3)4)25-38(58-31(7)52)42-48-35(27-59-42)40(53)47-33(26-45(8,9)44(56)57)23-32-20-19-30(6)34(46)24-32/h19-20,24,27-29,33,36-39H,11-18,21-23,25-26H2,1-10H3,(H,47,53)(H,49,54)(H,56,57)/t29-,33+,36+,37+,38+,39-/m0/s1. The van der Waals surface area contributed by atoms with Gasteiger partial charge in [-0.05, 0) is 95.5 Å². The molecule has 0 aliphatic carbocycles. The zero-order valence-corrected chi connectivity index (χ0v) is 37.9. The monoisotopic (exact) mass is 843 g/mol. The Morgan fingerprint density at radius 1 is 1.08 bits per heavy atom. The normalized spacial score (nSPS) is 17.4. The lowest BCUT2D eigenvalue weighted by atomic mass is 9.83. The Morgan fingerprint density at radius 2 is 1.80 bits per heavy atom. The molecule has 0 saturated carbocycles. The van der Waals surface area contributed by atoms with E-state index in [2.05, 4.69) is 27.4 Å². The zero-order chi connectivity index (χ0) is 44.0. The van der Waals surface area contributed by atoms with Crippen LogP contribution in [0.5, 0.6) is 0 Å². The van der Waals surface area contributed by atoms with Gasteiger partial charge in [0.15, 0.2) is 6.10 Å². The summed E-state index contributed by atoms with van der Waals surface area (Å²) in [5.74, 6) is -3.01. The smallest absolute Gasteiger partial charge is 0.309 e. The van der Waals surface area contributed by atoms with Gasteiger partial charge in [0.25, 0.3) is 5.91 Å². The van der Waals surface area contributed by atoms with Crippen LogP contribution in [0.25, 0.3) is 0 Å². The average Bonchev–Trinajstić information content (AvgIpc) is 3.67. The predicted octanol–water partition coefficient (Wildman–Crippen LogP) is 7.88. The van der Waals surface area contributed by atoms with E-state index in [1.807, 2.05) is 39.6 Å². The summed E-state index contributed by atoms with van der Waals surface area (Å²) >= 11 is 1.16. The number of hydrogen-bond acceptors (Lipinski definition) is 9. The minimum absolute atomic E-state index is 0.0659. The van der Waals surface area contributed by atoms with Crippen LogP contribution in [0, 0.1) is 30.0 Å². The first-order valence-electron chi connectivity index (χ1n) is 21.5. The van der Waals surface area contributed by atoms with Crippen LogP contribution in [0.15, 0.2) is 23.6 Å². The van der Waals surface area contributed by atoms with E-state index in [4.69, 9.17) is 4.74 Å². The molecule has 59 heavy (non-hydrogen) atoms. The number of piperidine rings is 1. The summed E-state index contributed by atoms with van der Waals surface area (Å²) in [7, 11) is 1.95. The van der Waals surface area contributed by atoms with Crippen LogP contribution in [-0.2, 0) is 30.3 Å². The first kappa shape index (κ1) is 49.5. The molecule has 1 aliphatic rings. The topological polar surface area (TPSA) is 158 Å². The highest BCUT2D eigenvalue weighted by molar-refractivity contribution is 7.09. The molecule has 1 aliphatic heterocycles. The van der Waals surface area contributed by atoms with Crippen LogP contribution in [0.3, 0.4) is 0 Å². The highest BCUT2D eigenvalue weighted by atomic mass is 32.1. The quantitative estimate of drug-likeness (QED) is 0.0748. The van der Waals surface area contributed by atoms with E-state index in [-0.39, 0.29) is 60.5 Å². The van der Waals surface area contributed by atoms with Crippen LogP contribution in [0.4, 0.5) is 4.39 Å². The molecule has 1 fully saturated rings. The third-order valence-corrected chi connectivity index (χ3v) is 12.7.